The van der Waals surface area contributed by atoms with E-state index >= 15 is 0 Å². The molecular weight excluding hydrogens is 236 g/mol. The van der Waals surface area contributed by atoms with Crippen molar-refractivity contribution in [2.24, 2.45) is 0 Å². The van der Waals surface area contributed by atoms with E-state index in [0.29, 0.717) is 23.3 Å². The first kappa shape index (κ1) is 13.8. The van der Waals surface area contributed by atoms with Crippen LogP contribution in [0.15, 0.2) is 30.4 Å². The van der Waals surface area contributed by atoms with Gasteiger partial charge >= 0.3 is 5.97 Å². The van der Waals surface area contributed by atoms with Crippen LogP contribution in [-0.2, 0) is 9.53 Å². The molecule has 0 heterocycles. The summed E-state index contributed by atoms with van der Waals surface area (Å²) < 4.78 is 14.9. The molecule has 1 aromatic carbocycles. The number of carbonyl (C=O) groups excluding carboxylic acids is 2. The van der Waals surface area contributed by atoms with Gasteiger partial charge in [0.2, 0.25) is 0 Å². The van der Waals surface area contributed by atoms with E-state index in [-0.39, 0.29) is 6.61 Å². The number of hydrogen-bond acceptors (Lipinski definition) is 5. The average molecular weight is 250 g/mol. The monoisotopic (exact) mass is 250 g/mol. The van der Waals surface area contributed by atoms with Gasteiger partial charge in [0, 0.05) is 6.08 Å². The summed E-state index contributed by atoms with van der Waals surface area (Å²) >= 11 is 0. The van der Waals surface area contributed by atoms with Gasteiger partial charge in [0.1, 0.15) is 6.61 Å². The summed E-state index contributed by atoms with van der Waals surface area (Å²) in [5, 5.41) is 0. The number of ether oxygens (including phenoxy) is 3. The molecule has 0 aliphatic rings. The van der Waals surface area contributed by atoms with Crippen molar-refractivity contribution < 1.29 is 23.8 Å². The molecule has 0 aromatic heterocycles. The minimum atomic E-state index is -0.464. The summed E-state index contributed by atoms with van der Waals surface area (Å²) in [6.45, 7) is 0.135. The second-order valence-corrected chi connectivity index (χ2v) is 3.23. The van der Waals surface area contributed by atoms with Crippen LogP contribution in [-0.4, -0.2) is 33.1 Å². The van der Waals surface area contributed by atoms with Crippen LogP contribution < -0.4 is 9.47 Å². The van der Waals surface area contributed by atoms with Crippen molar-refractivity contribution in [3.63, 3.8) is 0 Å². The first-order valence-electron chi connectivity index (χ1n) is 5.22. The van der Waals surface area contributed by atoms with Crippen LogP contribution in [0.3, 0.4) is 0 Å². The van der Waals surface area contributed by atoms with E-state index in [1.165, 1.54) is 26.4 Å². The molecule has 0 aliphatic heterocycles. The van der Waals surface area contributed by atoms with Crippen LogP contribution in [0.5, 0.6) is 11.5 Å². The number of carbonyl (C=O) groups is 2. The van der Waals surface area contributed by atoms with E-state index in [1.54, 1.807) is 18.2 Å². The topological polar surface area (TPSA) is 61.8 Å². The van der Waals surface area contributed by atoms with Gasteiger partial charge in [-0.05, 0) is 18.2 Å². The van der Waals surface area contributed by atoms with Crippen LogP contribution in [0, 0.1) is 0 Å². The fourth-order valence-electron chi connectivity index (χ4n) is 1.28. The van der Waals surface area contributed by atoms with Crippen LogP contribution in [0.1, 0.15) is 10.4 Å². The van der Waals surface area contributed by atoms with Crippen LogP contribution >= 0.6 is 0 Å². The lowest BCUT2D eigenvalue weighted by Gasteiger charge is -2.10. The minimum absolute atomic E-state index is 0.135. The zero-order chi connectivity index (χ0) is 13.4. The number of para-hydroxylation sites is 1. The van der Waals surface area contributed by atoms with Crippen LogP contribution in [0.25, 0.3) is 0 Å². The first-order valence-corrected chi connectivity index (χ1v) is 5.22. The van der Waals surface area contributed by atoms with E-state index in [9.17, 15) is 9.59 Å². The smallest absolute Gasteiger partial charge is 0.330 e. The highest BCUT2D eigenvalue weighted by molar-refractivity contribution is 5.82. The van der Waals surface area contributed by atoms with Gasteiger partial charge in [-0.3, -0.25) is 4.79 Å². The number of hydrogen-bond donors (Lipinski definition) is 0. The Kier molecular flexibility index (Phi) is 5.44. The molecule has 0 spiro atoms. The quantitative estimate of drug-likeness (QED) is 0.436. The second kappa shape index (κ2) is 7.11. The van der Waals surface area contributed by atoms with Gasteiger partial charge < -0.3 is 14.2 Å². The van der Waals surface area contributed by atoms with Gasteiger partial charge in [0.05, 0.1) is 19.8 Å². The Balaban J connectivity index is 2.74. The van der Waals surface area contributed by atoms with E-state index in [4.69, 9.17) is 9.47 Å². The fourth-order valence-corrected chi connectivity index (χ4v) is 1.28. The summed E-state index contributed by atoms with van der Waals surface area (Å²) in [4.78, 5) is 21.7. The number of methoxy groups -OCH3 is 2. The number of benzene rings is 1. The van der Waals surface area contributed by atoms with Crippen LogP contribution in [0.2, 0.25) is 0 Å². The van der Waals surface area contributed by atoms with E-state index in [0.717, 1.165) is 0 Å². The highest BCUT2D eigenvalue weighted by Crippen LogP contribution is 2.29. The Bertz CT molecular complexity index is 451. The highest BCUT2D eigenvalue weighted by Gasteiger charge is 2.08. The molecule has 0 radical (unpaired) electrons. The zero-order valence-electron chi connectivity index (χ0n) is 10.2. The van der Waals surface area contributed by atoms with Crippen molar-refractivity contribution in [3.05, 3.63) is 35.9 Å². The van der Waals surface area contributed by atoms with Crippen molar-refractivity contribution in [3.8, 4) is 11.5 Å². The summed E-state index contributed by atoms with van der Waals surface area (Å²) in [7, 11) is 2.78. The van der Waals surface area contributed by atoms with Gasteiger partial charge in [-0.1, -0.05) is 6.07 Å². The molecular formula is C13H14O5. The van der Waals surface area contributed by atoms with Crippen molar-refractivity contribution in [1.29, 1.82) is 0 Å². The summed E-state index contributed by atoms with van der Waals surface area (Å²) in [6, 6.07) is 5.00. The Morgan fingerprint density at radius 2 is 2.11 bits per heavy atom. The number of aldehydes is 1. The maximum Gasteiger partial charge on any atom is 0.330 e. The van der Waals surface area contributed by atoms with Gasteiger partial charge in [-0.15, -0.1) is 0 Å². The van der Waals surface area contributed by atoms with Crippen molar-refractivity contribution in [1.82, 2.24) is 0 Å². The molecule has 0 aliphatic carbocycles. The largest absolute Gasteiger partial charge is 0.493 e. The summed E-state index contributed by atoms with van der Waals surface area (Å²) in [5.74, 6) is 0.352. The Morgan fingerprint density at radius 3 is 2.72 bits per heavy atom. The predicted octanol–water partition coefficient (Wildman–Crippen LogP) is 1.62. The third kappa shape index (κ3) is 3.62. The van der Waals surface area contributed by atoms with Gasteiger partial charge in [0.25, 0.3) is 0 Å². The van der Waals surface area contributed by atoms with E-state index in [1.807, 2.05) is 0 Å². The lowest BCUT2D eigenvalue weighted by molar-refractivity contribution is -0.134. The third-order valence-electron chi connectivity index (χ3n) is 2.14. The molecule has 1 rings (SSSR count). The molecule has 0 fully saturated rings. The average Bonchev–Trinajstić information content (AvgIpc) is 2.42. The molecule has 0 saturated carbocycles. The summed E-state index contributed by atoms with van der Waals surface area (Å²) in [5.41, 5.74) is 0.390. The van der Waals surface area contributed by atoms with Crippen molar-refractivity contribution >= 4 is 12.3 Å². The molecule has 0 amide bonds. The predicted molar refractivity (Wildman–Crippen MR) is 65.0 cm³/mol. The van der Waals surface area contributed by atoms with Gasteiger partial charge in [0.15, 0.2) is 17.8 Å². The molecule has 18 heavy (non-hydrogen) atoms. The zero-order valence-corrected chi connectivity index (χ0v) is 10.2. The van der Waals surface area contributed by atoms with E-state index in [2.05, 4.69) is 4.74 Å². The molecule has 0 N–H and O–H groups in total. The highest BCUT2D eigenvalue weighted by atomic mass is 16.5. The Morgan fingerprint density at radius 1 is 1.33 bits per heavy atom. The molecule has 5 nitrogen and oxygen atoms in total. The molecule has 5 heteroatoms. The van der Waals surface area contributed by atoms with Crippen molar-refractivity contribution in [2.45, 2.75) is 0 Å². The number of rotatable bonds is 6. The van der Waals surface area contributed by atoms with Gasteiger partial charge in [-0.25, -0.2) is 4.79 Å². The molecule has 0 bridgehead atoms. The SMILES string of the molecule is COC(=O)/C=C/COc1c(C=O)cccc1OC. The maximum absolute atomic E-state index is 10.9. The fraction of sp³-hybridized carbons (Fsp3) is 0.231. The van der Waals surface area contributed by atoms with Crippen molar-refractivity contribution in [2.75, 3.05) is 20.8 Å². The third-order valence-corrected chi connectivity index (χ3v) is 2.14. The molecule has 0 atom stereocenters. The molecule has 0 unspecified atom stereocenters. The van der Waals surface area contributed by atoms with Gasteiger partial charge in [-0.2, -0.15) is 0 Å². The molecule has 96 valence electrons. The lowest BCUT2D eigenvalue weighted by atomic mass is 10.2. The normalized spacial score (nSPS) is 10.1. The lowest BCUT2D eigenvalue weighted by Crippen LogP contribution is -2.01. The second-order valence-electron chi connectivity index (χ2n) is 3.23. The first-order chi connectivity index (χ1) is 8.72. The molecule has 0 saturated heterocycles. The van der Waals surface area contributed by atoms with Crippen LogP contribution in [0.4, 0.5) is 0 Å². The summed E-state index contributed by atoms with van der Waals surface area (Å²) in [6.07, 6.45) is 3.42. The minimum Gasteiger partial charge on any atom is -0.493 e. The number of esters is 1. The molecule has 1 aromatic rings. The Labute approximate surface area is 105 Å². The van der Waals surface area contributed by atoms with E-state index < -0.39 is 5.97 Å². The maximum atomic E-state index is 10.9. The Hall–Kier alpha value is -2.30. The standard InChI is InChI=1S/C13H14O5/c1-16-11-6-3-5-10(9-14)13(11)18-8-4-7-12(15)17-2/h3-7,9H,8H2,1-2H3/b7-4+.